The smallest absolute Gasteiger partial charge is 0.252 e. The second-order valence-corrected chi connectivity index (χ2v) is 7.91. The molecule has 25 heavy (non-hydrogen) atoms. The van der Waals surface area contributed by atoms with Crippen molar-refractivity contribution in [2.75, 3.05) is 6.54 Å². The average Bonchev–Trinajstić information content (AvgIpc) is 3.27. The minimum Gasteiger partial charge on any atom is -0.352 e. The van der Waals surface area contributed by atoms with Gasteiger partial charge in [0.15, 0.2) is 5.65 Å². The van der Waals surface area contributed by atoms with Gasteiger partial charge < -0.3 is 5.32 Å². The summed E-state index contributed by atoms with van der Waals surface area (Å²) < 4.78 is 1.77. The Balaban J connectivity index is 1.62. The summed E-state index contributed by atoms with van der Waals surface area (Å²) in [6.07, 6.45) is 7.14. The SMILES string of the molecule is Cc1nn(C)c2nc(C(C)C)cc(C(=O)NCC3CC4C=CC3C4)c12. The predicted molar refractivity (Wildman–Crippen MR) is 98.5 cm³/mol. The van der Waals surface area contributed by atoms with E-state index < -0.39 is 0 Å². The molecular weight excluding hydrogens is 312 g/mol. The lowest BCUT2D eigenvalue weighted by molar-refractivity contribution is 0.0946. The number of pyridine rings is 1. The van der Waals surface area contributed by atoms with Crippen molar-refractivity contribution in [1.82, 2.24) is 20.1 Å². The van der Waals surface area contributed by atoms with Crippen LogP contribution in [0.15, 0.2) is 18.2 Å². The number of rotatable bonds is 4. The molecule has 0 aromatic carbocycles. The molecule has 5 nitrogen and oxygen atoms in total. The molecule has 1 amide bonds. The van der Waals surface area contributed by atoms with Gasteiger partial charge in [0.2, 0.25) is 0 Å². The number of fused-ring (bicyclic) bond motifs is 3. The Kier molecular flexibility index (Phi) is 3.89. The highest BCUT2D eigenvalue weighted by atomic mass is 16.1. The van der Waals surface area contributed by atoms with E-state index in [-0.39, 0.29) is 11.8 Å². The van der Waals surface area contributed by atoms with Crippen molar-refractivity contribution in [3.8, 4) is 0 Å². The van der Waals surface area contributed by atoms with Crippen molar-refractivity contribution < 1.29 is 4.79 Å². The van der Waals surface area contributed by atoms with Gasteiger partial charge in [-0.15, -0.1) is 0 Å². The Hall–Kier alpha value is -2.17. The third kappa shape index (κ3) is 2.75. The van der Waals surface area contributed by atoms with Crippen molar-refractivity contribution in [1.29, 1.82) is 0 Å². The number of nitrogens with one attached hydrogen (secondary N) is 1. The van der Waals surface area contributed by atoms with E-state index in [1.54, 1.807) is 4.68 Å². The topological polar surface area (TPSA) is 59.8 Å². The third-order valence-electron chi connectivity index (χ3n) is 5.77. The second kappa shape index (κ2) is 5.97. The van der Waals surface area contributed by atoms with Crippen LogP contribution in [0.4, 0.5) is 0 Å². The standard InChI is InChI=1S/C20H26N4O/c1-11(2)17-9-16(18-12(3)23-24(4)19(18)22-17)20(25)21-10-15-8-13-5-6-14(15)7-13/h5-6,9,11,13-15H,7-8,10H2,1-4H3,(H,21,25). The number of aromatic nitrogens is 3. The minimum atomic E-state index is -0.00264. The summed E-state index contributed by atoms with van der Waals surface area (Å²) in [6.45, 7) is 6.89. The van der Waals surface area contributed by atoms with Crippen molar-refractivity contribution in [3.05, 3.63) is 35.2 Å². The van der Waals surface area contributed by atoms with Crippen LogP contribution < -0.4 is 5.32 Å². The summed E-state index contributed by atoms with van der Waals surface area (Å²) in [5, 5.41) is 8.52. The summed E-state index contributed by atoms with van der Waals surface area (Å²) in [5.41, 5.74) is 3.28. The van der Waals surface area contributed by atoms with E-state index in [1.165, 1.54) is 12.8 Å². The molecular formula is C20H26N4O. The van der Waals surface area contributed by atoms with Crippen LogP contribution in [0.2, 0.25) is 0 Å². The third-order valence-corrected chi connectivity index (χ3v) is 5.77. The number of aryl methyl sites for hydroxylation is 2. The van der Waals surface area contributed by atoms with Gasteiger partial charge in [-0.25, -0.2) is 4.98 Å². The lowest BCUT2D eigenvalue weighted by Crippen LogP contribution is -2.31. The van der Waals surface area contributed by atoms with Crippen LogP contribution in [0, 0.1) is 24.7 Å². The Morgan fingerprint density at radius 3 is 2.80 bits per heavy atom. The van der Waals surface area contributed by atoms with Crippen LogP contribution in [0.1, 0.15) is 54.4 Å². The van der Waals surface area contributed by atoms with Gasteiger partial charge in [-0.05, 0) is 49.5 Å². The molecule has 1 fully saturated rings. The lowest BCUT2D eigenvalue weighted by atomic mass is 9.93. The Bertz CT molecular complexity index is 864. The van der Waals surface area contributed by atoms with Crippen molar-refractivity contribution >= 4 is 16.9 Å². The maximum atomic E-state index is 13.0. The van der Waals surface area contributed by atoms with E-state index in [4.69, 9.17) is 4.98 Å². The number of allylic oxidation sites excluding steroid dienone is 2. The molecule has 132 valence electrons. The highest BCUT2D eigenvalue weighted by Gasteiger charge is 2.35. The van der Waals surface area contributed by atoms with Crippen LogP contribution in [-0.4, -0.2) is 27.2 Å². The van der Waals surface area contributed by atoms with Crippen molar-refractivity contribution in [2.45, 2.75) is 39.5 Å². The van der Waals surface area contributed by atoms with Crippen LogP contribution in [-0.2, 0) is 7.05 Å². The molecule has 4 rings (SSSR count). The molecule has 3 atom stereocenters. The first-order valence-corrected chi connectivity index (χ1v) is 9.24. The van der Waals surface area contributed by atoms with E-state index >= 15 is 0 Å². The van der Waals surface area contributed by atoms with Gasteiger partial charge >= 0.3 is 0 Å². The van der Waals surface area contributed by atoms with E-state index in [0.29, 0.717) is 17.4 Å². The number of carbonyl (C=O) groups is 1. The van der Waals surface area contributed by atoms with Crippen LogP contribution >= 0.6 is 0 Å². The van der Waals surface area contributed by atoms with Gasteiger partial charge in [0.05, 0.1) is 16.6 Å². The van der Waals surface area contributed by atoms with Crippen molar-refractivity contribution in [2.24, 2.45) is 24.8 Å². The fourth-order valence-corrected chi connectivity index (χ4v) is 4.39. The van der Waals surface area contributed by atoms with Gasteiger partial charge in [-0.3, -0.25) is 9.48 Å². The summed E-state index contributed by atoms with van der Waals surface area (Å²) in [6, 6.07) is 1.94. The zero-order valence-electron chi connectivity index (χ0n) is 15.4. The van der Waals surface area contributed by atoms with Gasteiger partial charge in [-0.1, -0.05) is 26.0 Å². The summed E-state index contributed by atoms with van der Waals surface area (Å²) >= 11 is 0. The first kappa shape index (κ1) is 16.3. The predicted octanol–water partition coefficient (Wildman–Crippen LogP) is 3.34. The lowest BCUT2D eigenvalue weighted by Gasteiger charge is -2.19. The van der Waals surface area contributed by atoms with Gasteiger partial charge in [0.1, 0.15) is 0 Å². The fourth-order valence-electron chi connectivity index (χ4n) is 4.39. The molecule has 2 bridgehead atoms. The molecule has 0 saturated heterocycles. The average molecular weight is 338 g/mol. The molecule has 2 aliphatic carbocycles. The van der Waals surface area contributed by atoms with Crippen LogP contribution in [0.3, 0.4) is 0 Å². The van der Waals surface area contributed by atoms with E-state index in [2.05, 4.69) is 36.4 Å². The maximum absolute atomic E-state index is 13.0. The second-order valence-electron chi connectivity index (χ2n) is 7.91. The summed E-state index contributed by atoms with van der Waals surface area (Å²) in [5.74, 6) is 2.22. The van der Waals surface area contributed by atoms with Gasteiger partial charge in [-0.2, -0.15) is 5.10 Å². The highest BCUT2D eigenvalue weighted by Crippen LogP contribution is 2.43. The normalized spacial score (nSPS) is 24.6. The molecule has 0 aliphatic heterocycles. The number of hydrogen-bond acceptors (Lipinski definition) is 3. The largest absolute Gasteiger partial charge is 0.352 e. The maximum Gasteiger partial charge on any atom is 0.252 e. The van der Waals surface area contributed by atoms with Crippen LogP contribution in [0.25, 0.3) is 11.0 Å². The molecule has 2 aromatic rings. The molecule has 5 heteroatoms. The van der Waals surface area contributed by atoms with E-state index in [1.807, 2.05) is 20.0 Å². The molecule has 3 unspecified atom stereocenters. The molecule has 1 N–H and O–H groups in total. The Morgan fingerprint density at radius 1 is 1.36 bits per heavy atom. The van der Waals surface area contributed by atoms with E-state index in [0.717, 1.165) is 34.9 Å². The quantitative estimate of drug-likeness (QED) is 0.870. The van der Waals surface area contributed by atoms with E-state index in [9.17, 15) is 4.79 Å². The van der Waals surface area contributed by atoms with Crippen molar-refractivity contribution in [3.63, 3.8) is 0 Å². The zero-order chi connectivity index (χ0) is 17.7. The fraction of sp³-hybridized carbons (Fsp3) is 0.550. The first-order chi connectivity index (χ1) is 11.9. The number of hydrogen-bond donors (Lipinski definition) is 1. The molecule has 1 saturated carbocycles. The van der Waals surface area contributed by atoms with Crippen LogP contribution in [0.5, 0.6) is 0 Å². The number of nitrogens with zero attached hydrogens (tertiary/aromatic N) is 3. The number of amides is 1. The molecule has 2 aromatic heterocycles. The zero-order valence-corrected chi connectivity index (χ0v) is 15.4. The minimum absolute atomic E-state index is 0.00264. The summed E-state index contributed by atoms with van der Waals surface area (Å²) in [4.78, 5) is 17.7. The first-order valence-electron chi connectivity index (χ1n) is 9.24. The molecule has 2 heterocycles. The molecule has 2 aliphatic rings. The number of carbonyl (C=O) groups excluding carboxylic acids is 1. The summed E-state index contributed by atoms with van der Waals surface area (Å²) in [7, 11) is 1.88. The van der Waals surface area contributed by atoms with Gasteiger partial charge in [0, 0.05) is 19.3 Å². The Labute approximate surface area is 148 Å². The molecule has 0 spiro atoms. The molecule has 0 radical (unpaired) electrons. The van der Waals surface area contributed by atoms with Gasteiger partial charge in [0.25, 0.3) is 5.91 Å². The Morgan fingerprint density at radius 2 is 2.16 bits per heavy atom. The monoisotopic (exact) mass is 338 g/mol. The highest BCUT2D eigenvalue weighted by molar-refractivity contribution is 6.06.